The summed E-state index contributed by atoms with van der Waals surface area (Å²) in [7, 11) is 0. The number of guanidine groups is 2. The van der Waals surface area contributed by atoms with Crippen LogP contribution in [-0.4, -0.2) is 35.8 Å². The molecule has 1 fully saturated rings. The summed E-state index contributed by atoms with van der Waals surface area (Å²) in [5.41, 5.74) is 6.16. The van der Waals surface area contributed by atoms with Gasteiger partial charge in [-0.3, -0.25) is 10.1 Å². The largest absolute Gasteiger partial charge is 0.370 e. The van der Waals surface area contributed by atoms with Crippen molar-refractivity contribution in [1.29, 1.82) is 0 Å². The minimum Gasteiger partial charge on any atom is -0.370 e. The molecule has 4 rings (SSSR count). The number of anilines is 1. The molecule has 4 N–H and O–H groups in total. The van der Waals surface area contributed by atoms with Gasteiger partial charge in [0.05, 0.1) is 0 Å². The lowest BCUT2D eigenvalue weighted by Gasteiger charge is -2.34. The number of hydrogen-bond donors (Lipinski definition) is 3. The Morgan fingerprint density at radius 2 is 1.86 bits per heavy atom. The van der Waals surface area contributed by atoms with E-state index in [1.54, 1.807) is 0 Å². The molecular formula is C15H18N6O. The Kier molecular flexibility index (Phi) is 2.82. The van der Waals surface area contributed by atoms with Crippen LogP contribution in [-0.2, 0) is 10.5 Å². The van der Waals surface area contributed by atoms with Crippen molar-refractivity contribution in [3.05, 3.63) is 29.8 Å². The number of carbonyl (C=O) groups excluding carboxylic acids is 1. The van der Waals surface area contributed by atoms with Crippen LogP contribution in [0, 0.1) is 0 Å². The number of benzene rings is 1. The number of rotatable bonds is 0. The van der Waals surface area contributed by atoms with Gasteiger partial charge in [-0.15, -0.1) is 0 Å². The van der Waals surface area contributed by atoms with Gasteiger partial charge >= 0.3 is 0 Å². The molecule has 7 heteroatoms. The number of amides is 1. The highest BCUT2D eigenvalue weighted by Gasteiger charge is 2.49. The average Bonchev–Trinajstić information content (AvgIpc) is 2.80. The summed E-state index contributed by atoms with van der Waals surface area (Å²) in [6.07, 6.45) is 3.46. The second-order valence-electron chi connectivity index (χ2n) is 5.78. The first kappa shape index (κ1) is 13.1. The van der Waals surface area contributed by atoms with Gasteiger partial charge in [0, 0.05) is 24.3 Å². The van der Waals surface area contributed by atoms with Crippen LogP contribution in [0.1, 0.15) is 24.8 Å². The fourth-order valence-electron chi connectivity index (χ4n) is 3.23. The maximum Gasteiger partial charge on any atom is 0.280 e. The number of hydrogen-bond acceptors (Lipinski definition) is 6. The monoisotopic (exact) mass is 298 g/mol. The van der Waals surface area contributed by atoms with Gasteiger partial charge in [-0.1, -0.05) is 18.2 Å². The SMILES string of the molecule is NC1=N[C@@]2(N=C(N3CCCCC3)N1)C(=O)Nc1ccccc12. The van der Waals surface area contributed by atoms with Crippen LogP contribution in [0.5, 0.6) is 0 Å². The van der Waals surface area contributed by atoms with Gasteiger partial charge in [0.15, 0.2) is 5.96 Å². The molecule has 0 radical (unpaired) electrons. The van der Waals surface area contributed by atoms with Crippen LogP contribution >= 0.6 is 0 Å². The molecule has 1 saturated heterocycles. The van der Waals surface area contributed by atoms with Crippen LogP contribution in [0.15, 0.2) is 34.3 Å². The highest BCUT2D eigenvalue weighted by atomic mass is 16.2. The van der Waals surface area contributed by atoms with Crippen LogP contribution in [0.2, 0.25) is 0 Å². The lowest BCUT2D eigenvalue weighted by atomic mass is 10.0. The van der Waals surface area contributed by atoms with Crippen molar-refractivity contribution in [1.82, 2.24) is 10.2 Å². The van der Waals surface area contributed by atoms with E-state index in [0.29, 0.717) is 5.96 Å². The summed E-state index contributed by atoms with van der Waals surface area (Å²) < 4.78 is 0. The van der Waals surface area contributed by atoms with Gasteiger partial charge < -0.3 is 16.0 Å². The number of nitrogens with one attached hydrogen (secondary N) is 2. The summed E-state index contributed by atoms with van der Waals surface area (Å²) in [5, 5.41) is 5.86. The van der Waals surface area contributed by atoms with Crippen molar-refractivity contribution >= 4 is 23.5 Å². The Morgan fingerprint density at radius 1 is 1.09 bits per heavy atom. The first-order valence-electron chi connectivity index (χ1n) is 7.57. The van der Waals surface area contributed by atoms with E-state index in [4.69, 9.17) is 5.73 Å². The molecule has 0 aliphatic carbocycles. The van der Waals surface area contributed by atoms with Crippen molar-refractivity contribution < 1.29 is 4.79 Å². The third-order valence-electron chi connectivity index (χ3n) is 4.31. The first-order chi connectivity index (χ1) is 10.7. The normalized spacial score (nSPS) is 26.9. The molecule has 0 aromatic heterocycles. The molecule has 114 valence electrons. The molecule has 1 aromatic rings. The number of nitrogens with zero attached hydrogens (tertiary/aromatic N) is 3. The van der Waals surface area contributed by atoms with E-state index in [1.807, 2.05) is 24.3 Å². The van der Waals surface area contributed by atoms with Gasteiger partial charge in [-0.2, -0.15) is 0 Å². The van der Waals surface area contributed by atoms with Crippen molar-refractivity contribution in [2.45, 2.75) is 24.9 Å². The summed E-state index contributed by atoms with van der Waals surface area (Å²) in [6, 6.07) is 7.48. The van der Waals surface area contributed by atoms with Crippen molar-refractivity contribution in [3.8, 4) is 0 Å². The highest BCUT2D eigenvalue weighted by Crippen LogP contribution is 2.41. The Balaban J connectivity index is 1.81. The first-order valence-corrected chi connectivity index (χ1v) is 7.57. The average molecular weight is 298 g/mol. The number of nitrogens with two attached hydrogens (primary N) is 1. The zero-order valence-corrected chi connectivity index (χ0v) is 12.2. The quantitative estimate of drug-likeness (QED) is 0.652. The van der Waals surface area contributed by atoms with Crippen LogP contribution in [0.25, 0.3) is 0 Å². The molecule has 0 bridgehead atoms. The Hall–Kier alpha value is -2.57. The predicted molar refractivity (Wildman–Crippen MR) is 84.4 cm³/mol. The maximum absolute atomic E-state index is 12.6. The maximum atomic E-state index is 12.6. The van der Waals surface area contributed by atoms with Crippen molar-refractivity contribution in [2.24, 2.45) is 15.7 Å². The molecule has 0 saturated carbocycles. The molecule has 3 heterocycles. The number of aliphatic imine (C=N–C) groups is 2. The molecular weight excluding hydrogens is 280 g/mol. The van der Waals surface area contributed by atoms with E-state index in [2.05, 4.69) is 25.5 Å². The van der Waals surface area contributed by atoms with E-state index in [9.17, 15) is 4.79 Å². The molecule has 3 aliphatic heterocycles. The smallest absolute Gasteiger partial charge is 0.280 e. The third-order valence-corrected chi connectivity index (χ3v) is 4.31. The summed E-state index contributed by atoms with van der Waals surface area (Å²) in [6.45, 7) is 1.83. The van der Waals surface area contributed by atoms with E-state index < -0.39 is 5.66 Å². The zero-order valence-electron chi connectivity index (χ0n) is 12.2. The van der Waals surface area contributed by atoms with Gasteiger partial charge in [0.1, 0.15) is 0 Å². The van der Waals surface area contributed by atoms with Gasteiger partial charge in [-0.05, 0) is 25.3 Å². The van der Waals surface area contributed by atoms with Gasteiger partial charge in [-0.25, -0.2) is 9.98 Å². The molecule has 1 atom stereocenters. The van der Waals surface area contributed by atoms with Crippen molar-refractivity contribution in [2.75, 3.05) is 18.4 Å². The van der Waals surface area contributed by atoms with Crippen LogP contribution in [0.4, 0.5) is 5.69 Å². The molecule has 1 aromatic carbocycles. The second-order valence-corrected chi connectivity index (χ2v) is 5.78. The molecule has 3 aliphatic rings. The van der Waals surface area contributed by atoms with Gasteiger partial charge in [0.25, 0.3) is 11.6 Å². The highest BCUT2D eigenvalue weighted by molar-refractivity contribution is 6.11. The number of para-hydroxylation sites is 1. The lowest BCUT2D eigenvalue weighted by Crippen LogP contribution is -2.54. The van der Waals surface area contributed by atoms with E-state index in [1.165, 1.54) is 6.42 Å². The number of piperidine rings is 1. The predicted octanol–water partition coefficient (Wildman–Crippen LogP) is 0.551. The Morgan fingerprint density at radius 3 is 2.68 bits per heavy atom. The minimum absolute atomic E-state index is 0.224. The van der Waals surface area contributed by atoms with Crippen molar-refractivity contribution in [3.63, 3.8) is 0 Å². The molecule has 0 unspecified atom stereocenters. The summed E-state index contributed by atoms with van der Waals surface area (Å²) in [4.78, 5) is 23.7. The van der Waals surface area contributed by atoms with Crippen LogP contribution < -0.4 is 16.4 Å². The van der Waals surface area contributed by atoms with Gasteiger partial charge in [0.2, 0.25) is 5.96 Å². The molecule has 1 amide bonds. The summed E-state index contributed by atoms with van der Waals surface area (Å²) in [5.74, 6) is 0.606. The number of fused-ring (bicyclic) bond motifs is 2. The van der Waals surface area contributed by atoms with E-state index in [0.717, 1.165) is 37.2 Å². The lowest BCUT2D eigenvalue weighted by molar-refractivity contribution is -0.120. The fourth-order valence-corrected chi connectivity index (χ4v) is 3.23. The fraction of sp³-hybridized carbons (Fsp3) is 0.400. The molecule has 7 nitrogen and oxygen atoms in total. The molecule has 22 heavy (non-hydrogen) atoms. The van der Waals surface area contributed by atoms with Crippen LogP contribution in [0.3, 0.4) is 0 Å². The topological polar surface area (TPSA) is 95.1 Å². The van der Waals surface area contributed by atoms with E-state index >= 15 is 0 Å². The van der Waals surface area contributed by atoms with E-state index in [-0.39, 0.29) is 11.9 Å². The third kappa shape index (κ3) is 1.85. The number of likely N-dealkylation sites (tertiary alicyclic amines) is 1. The standard InChI is InChI=1S/C15H18N6O/c16-13-18-14(21-8-4-1-5-9-21)20-15(19-13)10-6-2-3-7-11(10)17-12(15)22/h2-3,6-7H,1,4-5,8-9H2,(H,17,22)(H3,16,18,19,20)/t15-/m0/s1. The number of carbonyl (C=O) groups is 1. The second kappa shape index (κ2) is 4.72. The molecule has 1 spiro atoms. The Labute approximate surface area is 128 Å². The Bertz CT molecular complexity index is 691. The zero-order chi connectivity index (χ0) is 15.2. The summed E-state index contributed by atoms with van der Waals surface area (Å²) >= 11 is 0. The minimum atomic E-state index is -1.29.